The van der Waals surface area contributed by atoms with Gasteiger partial charge in [-0.1, -0.05) is 13.0 Å². The van der Waals surface area contributed by atoms with Crippen LogP contribution >= 0.6 is 0 Å². The topological polar surface area (TPSA) is 131 Å². The maximum absolute atomic E-state index is 12.5. The number of aliphatic carboxylic acids is 1. The van der Waals surface area contributed by atoms with E-state index in [2.05, 4.69) is 4.98 Å². The van der Waals surface area contributed by atoms with Gasteiger partial charge in [0.2, 0.25) is 15.9 Å². The number of hydrogen-bond acceptors (Lipinski definition) is 7. The average Bonchev–Trinajstić information content (AvgIpc) is 2.89. The minimum atomic E-state index is -5.08. The van der Waals surface area contributed by atoms with Gasteiger partial charge in [-0.2, -0.15) is 17.5 Å². The number of halogens is 3. The van der Waals surface area contributed by atoms with Gasteiger partial charge in [0, 0.05) is 31.3 Å². The van der Waals surface area contributed by atoms with E-state index in [-0.39, 0.29) is 37.1 Å². The third-order valence-corrected chi connectivity index (χ3v) is 9.73. The van der Waals surface area contributed by atoms with Crippen molar-refractivity contribution in [2.24, 2.45) is 5.92 Å². The molecule has 2 fully saturated rings. The van der Waals surface area contributed by atoms with Crippen LogP contribution in [0.2, 0.25) is 0 Å². The predicted molar refractivity (Wildman–Crippen MR) is 104 cm³/mol. The second-order valence-electron chi connectivity index (χ2n) is 7.24. The van der Waals surface area contributed by atoms with Gasteiger partial charge in [-0.3, -0.25) is 0 Å². The van der Waals surface area contributed by atoms with Gasteiger partial charge in [-0.15, -0.1) is 0 Å². The Bertz CT molecular complexity index is 977. The summed E-state index contributed by atoms with van der Waals surface area (Å²) in [6.07, 6.45) is -2.46. The molecule has 0 aromatic carbocycles. The second kappa shape index (κ2) is 9.28. The van der Waals surface area contributed by atoms with Crippen LogP contribution in [0.5, 0.6) is 5.88 Å². The van der Waals surface area contributed by atoms with Crippen molar-refractivity contribution in [2.75, 3.05) is 31.2 Å². The number of carboxylic acids is 1. The van der Waals surface area contributed by atoms with Gasteiger partial charge < -0.3 is 9.84 Å². The van der Waals surface area contributed by atoms with Crippen molar-refractivity contribution in [1.29, 1.82) is 0 Å². The Morgan fingerprint density at radius 1 is 1.35 bits per heavy atom. The average molecular weight is 489 g/mol. The van der Waals surface area contributed by atoms with Crippen molar-refractivity contribution in [3.63, 3.8) is 0 Å². The fourth-order valence-corrected chi connectivity index (χ4v) is 7.65. The molecular weight excluding hydrogens is 465 g/mol. The summed E-state index contributed by atoms with van der Waals surface area (Å²) in [5, 5.41) is 7.12. The summed E-state index contributed by atoms with van der Waals surface area (Å²) in [7, 11) is -6.68. The van der Waals surface area contributed by atoms with Crippen molar-refractivity contribution in [3.05, 3.63) is 24.4 Å². The van der Waals surface area contributed by atoms with E-state index in [0.29, 0.717) is 18.7 Å². The summed E-state index contributed by atoms with van der Waals surface area (Å²) in [6, 6.07) is 5.29. The minimum Gasteiger partial charge on any atom is -0.477 e. The molecule has 1 aromatic heterocycles. The molecule has 3 heterocycles. The number of hydrogen-bond donors (Lipinski definition) is 1. The highest BCUT2D eigenvalue weighted by molar-refractivity contribution is 7.93. The lowest BCUT2D eigenvalue weighted by molar-refractivity contribution is -0.192. The van der Waals surface area contributed by atoms with Crippen LogP contribution in [-0.2, 0) is 24.7 Å². The molecule has 1 aromatic rings. The molecule has 2 saturated heterocycles. The number of carboxylic acid groups (broad SMARTS) is 1. The molecule has 3 rings (SSSR count). The molecule has 1 N–H and O–H groups in total. The van der Waals surface area contributed by atoms with Gasteiger partial charge in [-0.05, 0) is 18.9 Å². The van der Waals surface area contributed by atoms with Crippen LogP contribution in [0.1, 0.15) is 19.8 Å². The molecule has 0 radical (unpaired) electrons. The molecule has 1 spiro atoms. The fourth-order valence-electron chi connectivity index (χ4n) is 3.46. The van der Waals surface area contributed by atoms with Gasteiger partial charge in [-0.25, -0.2) is 26.6 Å². The van der Waals surface area contributed by atoms with Crippen LogP contribution in [0.3, 0.4) is 0 Å². The van der Waals surface area contributed by atoms with E-state index in [1.165, 1.54) is 4.31 Å². The van der Waals surface area contributed by atoms with E-state index in [1.807, 2.05) is 0 Å². The Hall–Kier alpha value is -1.93. The van der Waals surface area contributed by atoms with Crippen LogP contribution in [0.15, 0.2) is 24.4 Å². The van der Waals surface area contributed by atoms with Crippen molar-refractivity contribution in [1.82, 2.24) is 9.29 Å². The van der Waals surface area contributed by atoms with E-state index >= 15 is 0 Å². The van der Waals surface area contributed by atoms with Crippen molar-refractivity contribution in [2.45, 2.75) is 30.7 Å². The van der Waals surface area contributed by atoms with Crippen LogP contribution < -0.4 is 4.74 Å². The normalized spacial score (nSPS) is 22.3. The first kappa shape index (κ1) is 25.3. The minimum absolute atomic E-state index is 0.0495. The summed E-state index contributed by atoms with van der Waals surface area (Å²) in [4.78, 5) is 13.0. The SMILES string of the molecule is CCCS(=O)(=O)N1CC2(C1)C(COc1ccccn1)CCS2(=O)=O.O=C(O)C(F)(F)F. The molecule has 2 aliphatic rings. The Kier molecular flexibility index (Phi) is 7.59. The van der Waals surface area contributed by atoms with Gasteiger partial charge in [0.05, 0.1) is 18.1 Å². The van der Waals surface area contributed by atoms with Gasteiger partial charge in [0.1, 0.15) is 4.75 Å². The maximum Gasteiger partial charge on any atom is 0.490 e. The van der Waals surface area contributed by atoms with Crippen LogP contribution in [0.4, 0.5) is 13.2 Å². The molecule has 0 aliphatic carbocycles. The highest BCUT2D eigenvalue weighted by atomic mass is 32.2. The molecule has 1 atom stereocenters. The number of ether oxygens (including phenoxy) is 1. The lowest BCUT2D eigenvalue weighted by Gasteiger charge is -2.48. The lowest BCUT2D eigenvalue weighted by Crippen LogP contribution is -2.69. The Morgan fingerprint density at radius 3 is 2.45 bits per heavy atom. The second-order valence-corrected chi connectivity index (χ2v) is 11.8. The largest absolute Gasteiger partial charge is 0.490 e. The zero-order chi connectivity index (χ0) is 23.5. The van der Waals surface area contributed by atoms with Gasteiger partial charge >= 0.3 is 12.1 Å². The first-order chi connectivity index (χ1) is 14.2. The number of rotatable bonds is 6. The number of nitrogens with zero attached hydrogens (tertiary/aromatic N) is 2. The fraction of sp³-hybridized carbons (Fsp3) is 0.647. The number of alkyl halides is 3. The Labute approximate surface area is 178 Å². The zero-order valence-electron chi connectivity index (χ0n) is 16.6. The van der Waals surface area contributed by atoms with E-state index in [1.54, 1.807) is 31.3 Å². The van der Waals surface area contributed by atoms with E-state index in [4.69, 9.17) is 14.6 Å². The van der Waals surface area contributed by atoms with Crippen molar-refractivity contribution >= 4 is 25.8 Å². The molecular formula is C17H23F3N2O7S2. The summed E-state index contributed by atoms with van der Waals surface area (Å²) >= 11 is 0. The molecule has 31 heavy (non-hydrogen) atoms. The van der Waals surface area contributed by atoms with Crippen molar-refractivity contribution < 1.29 is 44.6 Å². The highest BCUT2D eigenvalue weighted by Crippen LogP contribution is 2.45. The zero-order valence-corrected chi connectivity index (χ0v) is 18.2. The molecule has 0 saturated carbocycles. The van der Waals surface area contributed by atoms with Crippen LogP contribution in [0, 0.1) is 5.92 Å². The molecule has 14 heteroatoms. The number of pyridine rings is 1. The molecule has 2 aliphatic heterocycles. The highest BCUT2D eigenvalue weighted by Gasteiger charge is 2.63. The van der Waals surface area contributed by atoms with Crippen molar-refractivity contribution in [3.8, 4) is 5.88 Å². The summed E-state index contributed by atoms with van der Waals surface area (Å²) in [5.74, 6) is -2.37. The Morgan fingerprint density at radius 2 is 1.97 bits per heavy atom. The number of carbonyl (C=O) groups is 1. The first-order valence-corrected chi connectivity index (χ1v) is 12.6. The standard InChI is InChI=1S/C15H22N2O5S2.C2HF3O2/c1-2-8-24(20,21)17-11-15(12-17)13(6-9-23(15,18)19)10-22-14-5-3-4-7-16-14;3-2(4,5)1(6)7/h3-5,7,13H,2,6,8-12H2,1H3;(H,6,7). The third-order valence-electron chi connectivity index (χ3n) is 5.15. The maximum atomic E-state index is 12.5. The van der Waals surface area contributed by atoms with Crippen LogP contribution in [0.25, 0.3) is 0 Å². The number of sulfone groups is 1. The van der Waals surface area contributed by atoms with Crippen LogP contribution in [-0.4, -0.2) is 79.3 Å². The van der Waals surface area contributed by atoms with E-state index in [0.717, 1.165) is 0 Å². The predicted octanol–water partition coefficient (Wildman–Crippen LogP) is 1.32. The van der Waals surface area contributed by atoms with Gasteiger partial charge in [0.15, 0.2) is 9.84 Å². The summed E-state index contributed by atoms with van der Waals surface area (Å²) in [5.41, 5.74) is 0. The first-order valence-electron chi connectivity index (χ1n) is 9.29. The summed E-state index contributed by atoms with van der Waals surface area (Å²) in [6.45, 7) is 2.13. The number of sulfonamides is 1. The molecule has 9 nitrogen and oxygen atoms in total. The quantitative estimate of drug-likeness (QED) is 0.635. The third kappa shape index (κ3) is 5.66. The lowest BCUT2D eigenvalue weighted by atomic mass is 9.85. The Balaban J connectivity index is 0.000000423. The van der Waals surface area contributed by atoms with Gasteiger partial charge in [0.25, 0.3) is 0 Å². The smallest absolute Gasteiger partial charge is 0.477 e. The summed E-state index contributed by atoms with van der Waals surface area (Å²) < 4.78 is 87.0. The van der Waals surface area contributed by atoms with E-state index < -0.39 is 36.8 Å². The molecule has 0 bridgehead atoms. The number of aromatic nitrogens is 1. The monoisotopic (exact) mass is 488 g/mol. The molecule has 0 amide bonds. The van der Waals surface area contributed by atoms with E-state index in [9.17, 15) is 30.0 Å². The molecule has 1 unspecified atom stereocenters. The molecule has 176 valence electrons.